The number of hydrogen-bond donors (Lipinski definition) is 1. The fourth-order valence-electron chi connectivity index (χ4n) is 2.19. The van der Waals surface area contributed by atoms with Crippen LogP contribution in [0.1, 0.15) is 29.8 Å². The van der Waals surface area contributed by atoms with Gasteiger partial charge in [0, 0.05) is 12.7 Å². The fourth-order valence-corrected chi connectivity index (χ4v) is 2.19. The summed E-state index contributed by atoms with van der Waals surface area (Å²) in [5.41, 5.74) is 3.77. The van der Waals surface area contributed by atoms with Gasteiger partial charge in [0.05, 0.1) is 11.7 Å². The molecule has 3 nitrogen and oxygen atoms in total. The van der Waals surface area contributed by atoms with Crippen molar-refractivity contribution in [2.75, 3.05) is 7.05 Å². The highest BCUT2D eigenvalue weighted by molar-refractivity contribution is 5.30. The molecule has 0 amide bonds. The highest BCUT2D eigenvalue weighted by Gasteiger charge is 2.15. The van der Waals surface area contributed by atoms with E-state index in [4.69, 9.17) is 0 Å². The topological polar surface area (TPSA) is 29.9 Å². The monoisotopic (exact) mass is 229 g/mol. The van der Waals surface area contributed by atoms with Gasteiger partial charge in [-0.3, -0.25) is 4.68 Å². The Balaban J connectivity index is 2.40. The maximum atomic E-state index is 4.33. The van der Waals surface area contributed by atoms with E-state index in [1.807, 2.05) is 17.9 Å². The Morgan fingerprint density at radius 1 is 1.35 bits per heavy atom. The van der Waals surface area contributed by atoms with E-state index in [9.17, 15) is 0 Å². The van der Waals surface area contributed by atoms with Crippen LogP contribution in [0.2, 0.25) is 0 Å². The zero-order valence-corrected chi connectivity index (χ0v) is 10.6. The Hall–Kier alpha value is -1.61. The van der Waals surface area contributed by atoms with Crippen molar-refractivity contribution in [2.45, 2.75) is 26.4 Å². The van der Waals surface area contributed by atoms with Crippen LogP contribution in [0.3, 0.4) is 0 Å². The summed E-state index contributed by atoms with van der Waals surface area (Å²) < 4.78 is 2.03. The molecular weight excluding hydrogens is 210 g/mol. The molecule has 0 saturated heterocycles. The predicted octanol–water partition coefficient (Wildman–Crippen LogP) is 2.52. The molecule has 0 radical (unpaired) electrons. The summed E-state index contributed by atoms with van der Waals surface area (Å²) in [4.78, 5) is 0. The van der Waals surface area contributed by atoms with Gasteiger partial charge in [-0.05, 0) is 32.5 Å². The minimum absolute atomic E-state index is 0.206. The van der Waals surface area contributed by atoms with E-state index >= 15 is 0 Å². The third-order valence-electron chi connectivity index (χ3n) is 3.01. The first-order valence-corrected chi connectivity index (χ1v) is 6.01. The largest absolute Gasteiger partial charge is 0.308 e. The van der Waals surface area contributed by atoms with Crippen molar-refractivity contribution >= 4 is 0 Å². The molecule has 0 aliphatic heterocycles. The van der Waals surface area contributed by atoms with Crippen LogP contribution in [0.25, 0.3) is 0 Å². The highest BCUT2D eigenvalue weighted by atomic mass is 15.3. The van der Waals surface area contributed by atoms with Gasteiger partial charge in [-0.15, -0.1) is 0 Å². The number of aromatic nitrogens is 2. The Labute approximate surface area is 102 Å². The van der Waals surface area contributed by atoms with E-state index in [2.05, 4.69) is 54.6 Å². The van der Waals surface area contributed by atoms with E-state index in [0.29, 0.717) is 0 Å². The van der Waals surface area contributed by atoms with E-state index in [1.165, 1.54) is 16.8 Å². The maximum Gasteiger partial charge on any atom is 0.0745 e. The van der Waals surface area contributed by atoms with Crippen molar-refractivity contribution in [3.05, 3.63) is 53.3 Å². The molecule has 1 aromatic heterocycles. The van der Waals surface area contributed by atoms with Crippen LogP contribution >= 0.6 is 0 Å². The van der Waals surface area contributed by atoms with Crippen molar-refractivity contribution < 1.29 is 0 Å². The second-order valence-corrected chi connectivity index (χ2v) is 4.21. The lowest BCUT2D eigenvalue weighted by molar-refractivity contribution is 0.563. The zero-order valence-electron chi connectivity index (χ0n) is 10.6. The van der Waals surface area contributed by atoms with E-state index in [0.717, 1.165) is 6.54 Å². The molecule has 3 heteroatoms. The molecule has 1 heterocycles. The first-order valence-electron chi connectivity index (χ1n) is 6.01. The molecule has 0 saturated carbocycles. The van der Waals surface area contributed by atoms with Gasteiger partial charge in [0.1, 0.15) is 0 Å². The van der Waals surface area contributed by atoms with Gasteiger partial charge < -0.3 is 5.32 Å². The van der Waals surface area contributed by atoms with Gasteiger partial charge in [-0.25, -0.2) is 0 Å². The number of nitrogens with zero attached hydrogens (tertiary/aromatic N) is 2. The third-order valence-corrected chi connectivity index (χ3v) is 3.01. The molecule has 1 aromatic carbocycles. The number of aryl methyl sites for hydroxylation is 2. The second kappa shape index (κ2) is 5.15. The van der Waals surface area contributed by atoms with Crippen LogP contribution in [0, 0.1) is 6.92 Å². The summed E-state index contributed by atoms with van der Waals surface area (Å²) in [6.07, 6.45) is 1.86. The standard InChI is InChI=1S/C14H19N3/c1-4-17-13(8-9-16-17)14(15-3)12-7-5-6-11(2)10-12/h5-10,14-15H,4H2,1-3H3. The lowest BCUT2D eigenvalue weighted by atomic mass is 10.0. The number of rotatable bonds is 4. The van der Waals surface area contributed by atoms with Gasteiger partial charge in [0.15, 0.2) is 0 Å². The van der Waals surface area contributed by atoms with Crippen LogP contribution in [-0.2, 0) is 6.54 Å². The first-order chi connectivity index (χ1) is 8.26. The fraction of sp³-hybridized carbons (Fsp3) is 0.357. The highest BCUT2D eigenvalue weighted by Crippen LogP contribution is 2.22. The van der Waals surface area contributed by atoms with Crippen LogP contribution in [0.4, 0.5) is 0 Å². The van der Waals surface area contributed by atoms with Crippen LogP contribution in [0.15, 0.2) is 36.5 Å². The van der Waals surface area contributed by atoms with Gasteiger partial charge >= 0.3 is 0 Å². The summed E-state index contributed by atoms with van der Waals surface area (Å²) in [5.74, 6) is 0. The molecule has 1 atom stereocenters. The van der Waals surface area contributed by atoms with Crippen molar-refractivity contribution in [2.24, 2.45) is 0 Å². The maximum absolute atomic E-state index is 4.33. The number of benzene rings is 1. The molecule has 17 heavy (non-hydrogen) atoms. The normalized spacial score (nSPS) is 12.6. The van der Waals surface area contributed by atoms with E-state index in [-0.39, 0.29) is 6.04 Å². The van der Waals surface area contributed by atoms with Gasteiger partial charge in [-0.2, -0.15) is 5.10 Å². The summed E-state index contributed by atoms with van der Waals surface area (Å²) in [7, 11) is 1.99. The Bertz CT molecular complexity index is 488. The molecule has 1 N–H and O–H groups in total. The summed E-state index contributed by atoms with van der Waals surface area (Å²) in [6.45, 7) is 5.12. The Morgan fingerprint density at radius 2 is 2.18 bits per heavy atom. The van der Waals surface area contributed by atoms with Crippen LogP contribution < -0.4 is 5.32 Å². The molecule has 1 unspecified atom stereocenters. The summed E-state index contributed by atoms with van der Waals surface area (Å²) >= 11 is 0. The van der Waals surface area contributed by atoms with E-state index < -0.39 is 0 Å². The van der Waals surface area contributed by atoms with E-state index in [1.54, 1.807) is 0 Å². The lowest BCUT2D eigenvalue weighted by Crippen LogP contribution is -2.21. The molecule has 2 aromatic rings. The Kier molecular flexibility index (Phi) is 3.59. The average Bonchev–Trinajstić information content (AvgIpc) is 2.78. The molecule has 0 fully saturated rings. The second-order valence-electron chi connectivity index (χ2n) is 4.21. The van der Waals surface area contributed by atoms with Gasteiger partial charge in [-0.1, -0.05) is 29.8 Å². The van der Waals surface area contributed by atoms with Crippen molar-refractivity contribution in [3.8, 4) is 0 Å². The van der Waals surface area contributed by atoms with Gasteiger partial charge in [0.25, 0.3) is 0 Å². The number of hydrogen-bond acceptors (Lipinski definition) is 2. The molecule has 0 aliphatic rings. The van der Waals surface area contributed by atoms with Gasteiger partial charge in [0.2, 0.25) is 0 Å². The zero-order chi connectivity index (χ0) is 12.3. The minimum atomic E-state index is 0.206. The van der Waals surface area contributed by atoms with Crippen molar-refractivity contribution in [3.63, 3.8) is 0 Å². The molecular formula is C14H19N3. The summed E-state index contributed by atoms with van der Waals surface area (Å²) in [5, 5.41) is 7.69. The Morgan fingerprint density at radius 3 is 2.82 bits per heavy atom. The van der Waals surface area contributed by atoms with Crippen molar-refractivity contribution in [1.82, 2.24) is 15.1 Å². The molecule has 2 rings (SSSR count). The molecule has 0 aliphatic carbocycles. The van der Waals surface area contributed by atoms with Crippen molar-refractivity contribution in [1.29, 1.82) is 0 Å². The number of nitrogens with one attached hydrogen (secondary N) is 1. The van der Waals surface area contributed by atoms with Crippen LogP contribution in [-0.4, -0.2) is 16.8 Å². The first kappa shape index (κ1) is 11.9. The third kappa shape index (κ3) is 2.39. The molecule has 0 spiro atoms. The SMILES string of the molecule is CCn1nccc1C(NC)c1cccc(C)c1. The lowest BCUT2D eigenvalue weighted by Gasteiger charge is -2.18. The smallest absolute Gasteiger partial charge is 0.0745 e. The average molecular weight is 229 g/mol. The minimum Gasteiger partial charge on any atom is -0.308 e. The molecule has 90 valence electrons. The molecule has 0 bridgehead atoms. The van der Waals surface area contributed by atoms with Crippen LogP contribution in [0.5, 0.6) is 0 Å². The summed E-state index contributed by atoms with van der Waals surface area (Å²) in [6, 6.07) is 10.9. The quantitative estimate of drug-likeness (QED) is 0.873. The predicted molar refractivity (Wildman–Crippen MR) is 70.0 cm³/mol.